The van der Waals surface area contributed by atoms with Gasteiger partial charge < -0.3 is 0 Å². The lowest BCUT2D eigenvalue weighted by Crippen LogP contribution is -2.11. The molecule has 2 aromatic rings. The van der Waals surface area contributed by atoms with Crippen molar-refractivity contribution in [2.24, 2.45) is 5.92 Å². The molecule has 2 aliphatic carbocycles. The number of nitrogens with zero attached hydrogens (tertiary/aromatic N) is 1. The molecule has 0 aliphatic heterocycles. The lowest BCUT2D eigenvalue weighted by molar-refractivity contribution is 0.748. The Bertz CT molecular complexity index is 827. The van der Waals surface area contributed by atoms with Gasteiger partial charge in [0.15, 0.2) is 0 Å². The first-order chi connectivity index (χ1) is 10.6. The second-order valence-corrected chi connectivity index (χ2v) is 7.79. The Kier molecular flexibility index (Phi) is 3.47. The summed E-state index contributed by atoms with van der Waals surface area (Å²) in [7, 11) is 0. The number of hydrogen-bond acceptors (Lipinski definition) is 2. The third kappa shape index (κ3) is 2.26. The quantitative estimate of drug-likeness (QED) is 0.584. The van der Waals surface area contributed by atoms with Crippen molar-refractivity contribution in [3.63, 3.8) is 0 Å². The van der Waals surface area contributed by atoms with E-state index in [4.69, 9.17) is 16.6 Å². The van der Waals surface area contributed by atoms with Crippen LogP contribution in [0, 0.1) is 5.92 Å². The molecule has 0 saturated carbocycles. The fourth-order valence-electron chi connectivity index (χ4n) is 3.26. The Morgan fingerprint density at radius 1 is 1.23 bits per heavy atom. The zero-order chi connectivity index (χ0) is 15.3. The van der Waals surface area contributed by atoms with E-state index in [2.05, 4.69) is 56.4 Å². The average Bonchev–Trinajstić information content (AvgIpc) is 2.95. The van der Waals surface area contributed by atoms with Crippen LogP contribution in [0.2, 0.25) is 0 Å². The summed E-state index contributed by atoms with van der Waals surface area (Å²) in [6.07, 6.45) is 12.0. The maximum absolute atomic E-state index is 6.37. The van der Waals surface area contributed by atoms with Crippen molar-refractivity contribution in [3.05, 3.63) is 52.6 Å². The minimum Gasteiger partial charge on any atom is -0.236 e. The summed E-state index contributed by atoms with van der Waals surface area (Å²) in [6, 6.07) is 4.35. The second-order valence-electron chi connectivity index (χ2n) is 6.29. The standard InChI is InChI=1S/C19H18ClNS/c1-11-4-3-5-13(10-11)19-21-17-9-7-14-12(2)16(20)8-6-15(14)18(17)22-19/h3-9,11-12,16H,10H2,1-2H3. The molecule has 3 unspecified atom stereocenters. The van der Waals surface area contributed by atoms with Crippen molar-refractivity contribution in [3.8, 4) is 0 Å². The zero-order valence-corrected chi connectivity index (χ0v) is 14.3. The van der Waals surface area contributed by atoms with Crippen LogP contribution in [0.15, 0.2) is 36.4 Å². The Hall–Kier alpha value is -1.38. The van der Waals surface area contributed by atoms with Crippen LogP contribution in [0.1, 0.15) is 42.3 Å². The van der Waals surface area contributed by atoms with Gasteiger partial charge >= 0.3 is 0 Å². The van der Waals surface area contributed by atoms with Gasteiger partial charge in [-0.25, -0.2) is 4.98 Å². The lowest BCUT2D eigenvalue weighted by atomic mass is 9.88. The number of fused-ring (bicyclic) bond motifs is 3. The summed E-state index contributed by atoms with van der Waals surface area (Å²) < 4.78 is 1.29. The molecule has 0 radical (unpaired) electrons. The van der Waals surface area contributed by atoms with E-state index in [1.807, 2.05) is 11.3 Å². The van der Waals surface area contributed by atoms with Gasteiger partial charge in [0.1, 0.15) is 5.01 Å². The third-order valence-corrected chi connectivity index (χ3v) is 6.30. The van der Waals surface area contributed by atoms with Gasteiger partial charge in [0, 0.05) is 5.92 Å². The maximum Gasteiger partial charge on any atom is 0.120 e. The number of thiazole rings is 1. The highest BCUT2D eigenvalue weighted by Gasteiger charge is 2.23. The highest BCUT2D eigenvalue weighted by molar-refractivity contribution is 7.19. The first-order valence-electron chi connectivity index (χ1n) is 7.77. The fourth-order valence-corrected chi connectivity index (χ4v) is 4.61. The topological polar surface area (TPSA) is 12.9 Å². The molecule has 0 saturated heterocycles. The molecule has 1 aromatic heterocycles. The van der Waals surface area contributed by atoms with Gasteiger partial charge in [-0.2, -0.15) is 0 Å². The van der Waals surface area contributed by atoms with Crippen molar-refractivity contribution in [2.75, 3.05) is 0 Å². The maximum atomic E-state index is 6.37. The predicted octanol–water partition coefficient (Wildman–Crippen LogP) is 6.01. The van der Waals surface area contributed by atoms with Gasteiger partial charge in [0.2, 0.25) is 0 Å². The zero-order valence-electron chi connectivity index (χ0n) is 12.7. The minimum atomic E-state index is 0.0874. The third-order valence-electron chi connectivity index (χ3n) is 4.60. The van der Waals surface area contributed by atoms with E-state index in [0.717, 1.165) is 16.9 Å². The summed E-state index contributed by atoms with van der Waals surface area (Å²) in [5.74, 6) is 0.950. The molecular formula is C19H18ClNS. The van der Waals surface area contributed by atoms with Crippen molar-refractivity contribution in [1.29, 1.82) is 0 Å². The van der Waals surface area contributed by atoms with E-state index in [1.165, 1.54) is 21.4 Å². The van der Waals surface area contributed by atoms with E-state index in [-0.39, 0.29) is 5.38 Å². The molecule has 1 heterocycles. The minimum absolute atomic E-state index is 0.0874. The first-order valence-corrected chi connectivity index (χ1v) is 9.02. The lowest BCUT2D eigenvalue weighted by Gasteiger charge is -2.22. The molecule has 1 nitrogen and oxygen atoms in total. The Balaban J connectivity index is 1.85. The number of hydrogen-bond donors (Lipinski definition) is 0. The SMILES string of the molecule is CC1C=CC=C(c2nc3ccc4c(c3s2)C=CC(Cl)C4C)C1. The number of allylic oxidation sites excluding steroid dienone is 5. The predicted molar refractivity (Wildman–Crippen MR) is 97.6 cm³/mol. The van der Waals surface area contributed by atoms with Crippen LogP contribution in [0.3, 0.4) is 0 Å². The molecule has 0 fully saturated rings. The molecule has 3 atom stereocenters. The summed E-state index contributed by atoms with van der Waals surface area (Å²) in [4.78, 5) is 4.87. The number of rotatable bonds is 1. The Morgan fingerprint density at radius 2 is 2.09 bits per heavy atom. The molecule has 3 heteroatoms. The Morgan fingerprint density at radius 3 is 2.91 bits per heavy atom. The molecule has 0 N–H and O–H groups in total. The van der Waals surface area contributed by atoms with Crippen molar-refractivity contribution in [2.45, 2.75) is 31.6 Å². The molecule has 0 bridgehead atoms. The van der Waals surface area contributed by atoms with Gasteiger partial charge in [-0.15, -0.1) is 22.9 Å². The average molecular weight is 328 g/mol. The number of aromatic nitrogens is 1. The monoisotopic (exact) mass is 327 g/mol. The molecule has 22 heavy (non-hydrogen) atoms. The van der Waals surface area contributed by atoms with Crippen LogP contribution in [-0.4, -0.2) is 10.4 Å². The van der Waals surface area contributed by atoms with Crippen LogP contribution in [0.25, 0.3) is 21.9 Å². The van der Waals surface area contributed by atoms with Gasteiger partial charge in [-0.05, 0) is 35.1 Å². The summed E-state index contributed by atoms with van der Waals surface area (Å²) >= 11 is 8.19. The van der Waals surface area contributed by atoms with Crippen LogP contribution in [0.5, 0.6) is 0 Å². The van der Waals surface area contributed by atoms with Crippen LogP contribution >= 0.6 is 22.9 Å². The summed E-state index contributed by atoms with van der Waals surface area (Å²) in [5.41, 5.74) is 5.11. The Labute approximate surface area is 140 Å². The van der Waals surface area contributed by atoms with Crippen molar-refractivity contribution >= 4 is 44.8 Å². The molecule has 112 valence electrons. The van der Waals surface area contributed by atoms with E-state index in [1.54, 1.807) is 0 Å². The van der Waals surface area contributed by atoms with Crippen molar-refractivity contribution < 1.29 is 0 Å². The number of benzene rings is 1. The van der Waals surface area contributed by atoms with Crippen molar-refractivity contribution in [1.82, 2.24) is 4.98 Å². The molecule has 0 amide bonds. The summed E-state index contributed by atoms with van der Waals surface area (Å²) in [6.45, 7) is 4.45. The van der Waals surface area contributed by atoms with Crippen LogP contribution in [-0.2, 0) is 0 Å². The molecule has 1 aromatic carbocycles. The van der Waals surface area contributed by atoms with E-state index >= 15 is 0 Å². The van der Waals surface area contributed by atoms with Crippen LogP contribution < -0.4 is 0 Å². The molecule has 2 aliphatic rings. The first kappa shape index (κ1) is 14.2. The van der Waals surface area contributed by atoms with E-state index < -0.39 is 0 Å². The molecular weight excluding hydrogens is 310 g/mol. The largest absolute Gasteiger partial charge is 0.236 e. The molecule has 4 rings (SSSR count). The highest BCUT2D eigenvalue weighted by atomic mass is 35.5. The van der Waals surface area contributed by atoms with Gasteiger partial charge in [0.05, 0.1) is 15.6 Å². The van der Waals surface area contributed by atoms with Gasteiger partial charge in [0.25, 0.3) is 0 Å². The van der Waals surface area contributed by atoms with E-state index in [9.17, 15) is 0 Å². The smallest absolute Gasteiger partial charge is 0.120 e. The normalized spacial score (nSPS) is 27.0. The van der Waals surface area contributed by atoms with E-state index in [0.29, 0.717) is 11.8 Å². The highest BCUT2D eigenvalue weighted by Crippen LogP contribution is 2.40. The fraction of sp³-hybridized carbons (Fsp3) is 0.316. The van der Waals surface area contributed by atoms with Crippen LogP contribution in [0.4, 0.5) is 0 Å². The van der Waals surface area contributed by atoms with Gasteiger partial charge in [-0.3, -0.25) is 0 Å². The second kappa shape index (κ2) is 5.36. The molecule has 0 spiro atoms. The number of alkyl halides is 1. The number of halogens is 1. The van der Waals surface area contributed by atoms with Gasteiger partial charge in [-0.1, -0.05) is 50.3 Å². The summed E-state index contributed by atoms with van der Waals surface area (Å²) in [5, 5.41) is 1.25.